The quantitative estimate of drug-likeness (QED) is 0.832. The van der Waals surface area contributed by atoms with Crippen molar-refractivity contribution in [1.29, 1.82) is 5.26 Å². The summed E-state index contributed by atoms with van der Waals surface area (Å²) in [6.45, 7) is 0. The van der Waals surface area contributed by atoms with Crippen molar-refractivity contribution in [3.05, 3.63) is 72.3 Å². The van der Waals surface area contributed by atoms with Crippen LogP contribution in [-0.4, -0.2) is 17.9 Å². The molecule has 2 rings (SSSR count). The number of anilines is 1. The Hall–Kier alpha value is -3.39. The van der Waals surface area contributed by atoms with Gasteiger partial charge < -0.3 is 10.6 Å². The van der Waals surface area contributed by atoms with Gasteiger partial charge in [-0.15, -0.1) is 0 Å². The summed E-state index contributed by atoms with van der Waals surface area (Å²) >= 11 is 0. The molecule has 2 aromatic carbocycles. The molecule has 0 fully saturated rings. The Morgan fingerprint density at radius 1 is 1.00 bits per heavy atom. The lowest BCUT2D eigenvalue weighted by molar-refractivity contribution is -0.122. The highest BCUT2D eigenvalue weighted by molar-refractivity contribution is 6.01. The summed E-state index contributed by atoms with van der Waals surface area (Å²) in [5.74, 6) is -1.09. The first-order valence-corrected chi connectivity index (χ1v) is 6.98. The van der Waals surface area contributed by atoms with Crippen molar-refractivity contribution in [3.63, 3.8) is 0 Å². The van der Waals surface area contributed by atoms with Crippen molar-refractivity contribution in [2.45, 2.75) is 6.04 Å². The number of amides is 2. The second-order valence-electron chi connectivity index (χ2n) is 4.67. The van der Waals surface area contributed by atoms with Crippen molar-refractivity contribution < 1.29 is 9.59 Å². The molecule has 23 heavy (non-hydrogen) atoms. The van der Waals surface area contributed by atoms with Gasteiger partial charge in [0.05, 0.1) is 6.07 Å². The lowest BCUT2D eigenvalue weighted by Crippen LogP contribution is -2.42. The molecule has 2 aromatic rings. The van der Waals surface area contributed by atoms with Crippen LogP contribution in [0.15, 0.2) is 66.7 Å². The molecule has 5 nitrogen and oxygen atoms in total. The average molecular weight is 305 g/mol. The monoisotopic (exact) mass is 305 g/mol. The topological polar surface area (TPSA) is 82.0 Å². The first-order valence-electron chi connectivity index (χ1n) is 6.98. The maximum absolute atomic E-state index is 12.0. The normalized spacial score (nSPS) is 11.4. The van der Waals surface area contributed by atoms with E-state index in [9.17, 15) is 9.59 Å². The first-order chi connectivity index (χ1) is 11.2. The number of carbonyl (C=O) groups is 2. The molecule has 5 heteroatoms. The van der Waals surface area contributed by atoms with E-state index in [1.807, 2.05) is 36.4 Å². The molecule has 2 amide bonds. The summed E-state index contributed by atoms with van der Waals surface area (Å²) in [6.07, 6.45) is 2.90. The van der Waals surface area contributed by atoms with E-state index in [1.54, 1.807) is 36.4 Å². The molecule has 1 atom stereocenters. The van der Waals surface area contributed by atoms with Crippen molar-refractivity contribution in [2.75, 3.05) is 5.32 Å². The highest BCUT2D eigenvalue weighted by Crippen LogP contribution is 2.05. The maximum atomic E-state index is 12.0. The van der Waals surface area contributed by atoms with Crippen LogP contribution in [0.2, 0.25) is 0 Å². The predicted octanol–water partition coefficient (Wildman–Crippen LogP) is 2.35. The minimum atomic E-state index is -1.26. The van der Waals surface area contributed by atoms with Crippen molar-refractivity contribution in [1.82, 2.24) is 5.32 Å². The third kappa shape index (κ3) is 5.14. The lowest BCUT2D eigenvalue weighted by Gasteiger charge is -2.10. The van der Waals surface area contributed by atoms with Gasteiger partial charge in [-0.2, -0.15) is 5.26 Å². The molecule has 2 N–H and O–H groups in total. The van der Waals surface area contributed by atoms with Crippen LogP contribution in [0.1, 0.15) is 5.56 Å². The van der Waals surface area contributed by atoms with Crippen LogP contribution in [0.4, 0.5) is 5.69 Å². The van der Waals surface area contributed by atoms with Gasteiger partial charge >= 0.3 is 0 Å². The van der Waals surface area contributed by atoms with Crippen molar-refractivity contribution in [2.24, 2.45) is 0 Å². The van der Waals surface area contributed by atoms with E-state index in [0.717, 1.165) is 5.56 Å². The standard InChI is InChI=1S/C18H15N3O2/c19-13-16(18(23)20-15-9-5-2-6-10-15)21-17(22)12-11-14-7-3-1-4-8-14/h1-12,16H,(H,20,23)(H,21,22). The van der Waals surface area contributed by atoms with E-state index in [-0.39, 0.29) is 0 Å². The molecule has 0 aliphatic carbocycles. The van der Waals surface area contributed by atoms with E-state index in [2.05, 4.69) is 10.6 Å². The molecular formula is C18H15N3O2. The van der Waals surface area contributed by atoms with Gasteiger partial charge in [0.2, 0.25) is 5.91 Å². The van der Waals surface area contributed by atoms with Crippen LogP contribution >= 0.6 is 0 Å². The molecule has 1 unspecified atom stereocenters. The van der Waals surface area contributed by atoms with E-state index in [0.29, 0.717) is 5.69 Å². The van der Waals surface area contributed by atoms with E-state index in [1.165, 1.54) is 6.08 Å². The SMILES string of the molecule is N#CC(NC(=O)C=Cc1ccccc1)C(=O)Nc1ccccc1. The van der Waals surface area contributed by atoms with Gasteiger partial charge in [-0.25, -0.2) is 0 Å². The minimum Gasteiger partial charge on any atom is -0.329 e. The van der Waals surface area contributed by atoms with Gasteiger partial charge in [0.1, 0.15) is 0 Å². The Kier molecular flexibility index (Phi) is 5.67. The Labute approximate surface area is 134 Å². The fourth-order valence-corrected chi connectivity index (χ4v) is 1.82. The zero-order chi connectivity index (χ0) is 16.5. The number of hydrogen-bond donors (Lipinski definition) is 2. The summed E-state index contributed by atoms with van der Waals surface area (Å²) in [4.78, 5) is 23.8. The molecule has 0 saturated carbocycles. The third-order valence-corrected chi connectivity index (χ3v) is 2.95. The van der Waals surface area contributed by atoms with E-state index in [4.69, 9.17) is 5.26 Å². The van der Waals surface area contributed by atoms with Gasteiger partial charge in [0, 0.05) is 11.8 Å². The highest BCUT2D eigenvalue weighted by Gasteiger charge is 2.19. The van der Waals surface area contributed by atoms with Crippen molar-refractivity contribution >= 4 is 23.6 Å². The number of para-hydroxylation sites is 1. The molecule has 114 valence electrons. The predicted molar refractivity (Wildman–Crippen MR) is 88.1 cm³/mol. The fourth-order valence-electron chi connectivity index (χ4n) is 1.82. The molecule has 0 bridgehead atoms. The summed E-state index contributed by atoms with van der Waals surface area (Å²) in [5, 5.41) is 14.0. The molecule has 0 aliphatic rings. The van der Waals surface area contributed by atoms with Gasteiger partial charge in [0.25, 0.3) is 5.91 Å². The fraction of sp³-hybridized carbons (Fsp3) is 0.0556. The largest absolute Gasteiger partial charge is 0.329 e. The van der Waals surface area contributed by atoms with Crippen molar-refractivity contribution in [3.8, 4) is 6.07 Å². The molecule has 0 spiro atoms. The van der Waals surface area contributed by atoms with E-state index < -0.39 is 17.9 Å². The Morgan fingerprint density at radius 3 is 2.22 bits per heavy atom. The second-order valence-corrected chi connectivity index (χ2v) is 4.67. The van der Waals surface area contributed by atoms with Crippen LogP contribution in [0.5, 0.6) is 0 Å². The molecule has 0 aliphatic heterocycles. The molecular weight excluding hydrogens is 290 g/mol. The zero-order valence-electron chi connectivity index (χ0n) is 12.3. The summed E-state index contributed by atoms with van der Waals surface area (Å²) in [7, 11) is 0. The van der Waals surface area contributed by atoms with Crippen LogP contribution in [-0.2, 0) is 9.59 Å². The first kappa shape index (κ1) is 16.0. The highest BCUT2D eigenvalue weighted by atomic mass is 16.2. The maximum Gasteiger partial charge on any atom is 0.261 e. The van der Waals surface area contributed by atoms with Crippen LogP contribution in [0, 0.1) is 11.3 Å². The molecule has 0 saturated heterocycles. The minimum absolute atomic E-state index is 0.511. The second kappa shape index (κ2) is 8.15. The van der Waals surface area contributed by atoms with Gasteiger partial charge in [-0.05, 0) is 23.8 Å². The molecule has 0 aromatic heterocycles. The number of rotatable bonds is 5. The van der Waals surface area contributed by atoms with Crippen LogP contribution in [0.25, 0.3) is 6.08 Å². The summed E-state index contributed by atoms with van der Waals surface area (Å²) in [5.41, 5.74) is 1.41. The summed E-state index contributed by atoms with van der Waals surface area (Å²) < 4.78 is 0. The third-order valence-electron chi connectivity index (χ3n) is 2.95. The lowest BCUT2D eigenvalue weighted by atomic mass is 10.2. The number of nitriles is 1. The molecule has 0 radical (unpaired) electrons. The van der Waals surface area contributed by atoms with E-state index >= 15 is 0 Å². The van der Waals surface area contributed by atoms with Crippen LogP contribution < -0.4 is 10.6 Å². The van der Waals surface area contributed by atoms with Gasteiger partial charge in [0.15, 0.2) is 6.04 Å². The Balaban J connectivity index is 1.93. The van der Waals surface area contributed by atoms with Crippen LogP contribution in [0.3, 0.4) is 0 Å². The van der Waals surface area contributed by atoms with Gasteiger partial charge in [-0.3, -0.25) is 9.59 Å². The zero-order valence-corrected chi connectivity index (χ0v) is 12.3. The average Bonchev–Trinajstić information content (AvgIpc) is 2.59. The smallest absolute Gasteiger partial charge is 0.261 e. The number of carbonyl (C=O) groups excluding carboxylic acids is 2. The number of nitrogens with one attached hydrogen (secondary N) is 2. The van der Waals surface area contributed by atoms with Gasteiger partial charge in [-0.1, -0.05) is 48.5 Å². The number of hydrogen-bond acceptors (Lipinski definition) is 3. The number of nitrogens with zero attached hydrogens (tertiary/aromatic N) is 1. The number of benzene rings is 2. The molecule has 0 heterocycles. The Morgan fingerprint density at radius 2 is 1.61 bits per heavy atom. The summed E-state index contributed by atoms with van der Waals surface area (Å²) in [6, 6.07) is 18.5. The Bertz CT molecular complexity index is 734.